The molecule has 0 saturated carbocycles. The van der Waals surface area contributed by atoms with Crippen LogP contribution in [0.5, 0.6) is 11.5 Å². The lowest BCUT2D eigenvalue weighted by atomic mass is 9.72. The van der Waals surface area contributed by atoms with Crippen molar-refractivity contribution in [2.45, 2.75) is 57.5 Å². The zero-order valence-corrected chi connectivity index (χ0v) is 20.7. The largest absolute Gasteiger partial charge is 0.456 e. The van der Waals surface area contributed by atoms with E-state index in [1.54, 1.807) is 0 Å². The van der Waals surface area contributed by atoms with Gasteiger partial charge in [-0.15, -0.1) is 0 Å². The first-order valence-corrected chi connectivity index (χ1v) is 13.2. The van der Waals surface area contributed by atoms with Gasteiger partial charge in [-0.2, -0.15) is 0 Å². The van der Waals surface area contributed by atoms with Crippen LogP contribution >= 0.6 is 0 Å². The van der Waals surface area contributed by atoms with E-state index in [0.717, 1.165) is 22.6 Å². The average molecular weight is 467 g/mol. The lowest BCUT2D eigenvalue weighted by Crippen LogP contribution is -2.40. The van der Waals surface area contributed by atoms with Crippen molar-refractivity contribution in [1.29, 1.82) is 0 Å². The van der Waals surface area contributed by atoms with E-state index in [0.29, 0.717) is 36.7 Å². The van der Waals surface area contributed by atoms with Gasteiger partial charge >= 0.3 is 0 Å². The van der Waals surface area contributed by atoms with Crippen molar-refractivity contribution < 1.29 is 9.53 Å². The number of hydrogen-bond donors (Lipinski definition) is 1. The Kier molecular flexibility index (Phi) is 5.85. The maximum absolute atomic E-state index is 13.2. The van der Waals surface area contributed by atoms with Crippen molar-refractivity contribution in [3.63, 3.8) is 0 Å². The number of carbonyl (C=O) groups is 1. The second kappa shape index (κ2) is 9.16. The number of nitrogens with one attached hydrogen (secondary N) is 1. The summed E-state index contributed by atoms with van der Waals surface area (Å²) >= 11 is 0. The number of carbonyl (C=O) groups excluding carboxylic acids is 1. The van der Waals surface area contributed by atoms with Crippen LogP contribution in [0.2, 0.25) is 0 Å². The highest BCUT2D eigenvalue weighted by atomic mass is 16.5. The van der Waals surface area contributed by atoms with Crippen molar-refractivity contribution in [1.82, 2.24) is 10.2 Å². The Balaban J connectivity index is 1.47. The summed E-state index contributed by atoms with van der Waals surface area (Å²) in [6.07, 6.45) is 4.95. The van der Waals surface area contributed by atoms with Crippen molar-refractivity contribution >= 4 is 5.91 Å². The third-order valence-corrected chi connectivity index (χ3v) is 8.30. The maximum Gasteiger partial charge on any atom is 0.253 e. The minimum Gasteiger partial charge on any atom is -0.456 e. The predicted octanol–water partition coefficient (Wildman–Crippen LogP) is 6.60. The van der Waals surface area contributed by atoms with Crippen LogP contribution in [-0.2, 0) is 0 Å². The predicted molar refractivity (Wildman–Crippen MR) is 140 cm³/mol. The van der Waals surface area contributed by atoms with Crippen LogP contribution in [0.4, 0.5) is 0 Å². The maximum atomic E-state index is 13.2. The van der Waals surface area contributed by atoms with Gasteiger partial charge in [0.15, 0.2) is 0 Å². The van der Waals surface area contributed by atoms with Gasteiger partial charge in [0.1, 0.15) is 11.5 Å². The van der Waals surface area contributed by atoms with E-state index in [1.807, 2.05) is 36.9 Å². The number of para-hydroxylation sites is 1. The first kappa shape index (κ1) is 22.4. The lowest BCUT2D eigenvalue weighted by Gasteiger charge is -2.39. The molecule has 0 aliphatic carbocycles. The molecule has 4 heteroatoms. The minimum atomic E-state index is 0.0694. The molecule has 0 radical (unpaired) electrons. The summed E-state index contributed by atoms with van der Waals surface area (Å²) in [5, 5.41) is 3.81. The number of benzene rings is 3. The number of amides is 1. The van der Waals surface area contributed by atoms with Gasteiger partial charge in [0.2, 0.25) is 0 Å². The summed E-state index contributed by atoms with van der Waals surface area (Å²) in [6.45, 7) is 5.46. The molecule has 0 aromatic heterocycles. The van der Waals surface area contributed by atoms with Crippen LogP contribution < -0.4 is 10.1 Å². The molecule has 4 nitrogen and oxygen atoms in total. The van der Waals surface area contributed by atoms with Crippen molar-refractivity contribution in [3.05, 3.63) is 83.4 Å². The second-order valence-corrected chi connectivity index (χ2v) is 10.3. The number of rotatable bonds is 5. The molecule has 3 aromatic carbocycles. The van der Waals surface area contributed by atoms with Gasteiger partial charge in [0, 0.05) is 53.3 Å². The molecule has 180 valence electrons. The van der Waals surface area contributed by atoms with Gasteiger partial charge in [-0.05, 0) is 63.1 Å². The SMILES string of the molecule is CCN(CC)C(=O)c1ccc2c(c1)Oc1c(-c3ccccc3)cccc1C2C1CC2CCC(C1)N2. The summed E-state index contributed by atoms with van der Waals surface area (Å²) in [5.74, 6) is 2.70. The summed E-state index contributed by atoms with van der Waals surface area (Å²) in [7, 11) is 0. The molecular formula is C31H34N2O2. The van der Waals surface area contributed by atoms with Crippen molar-refractivity contribution in [3.8, 4) is 22.6 Å². The van der Waals surface area contributed by atoms with Gasteiger partial charge in [-0.25, -0.2) is 0 Å². The molecular weight excluding hydrogens is 432 g/mol. The monoisotopic (exact) mass is 466 g/mol. The molecule has 0 spiro atoms. The number of ether oxygens (including phenoxy) is 1. The zero-order chi connectivity index (χ0) is 23.9. The van der Waals surface area contributed by atoms with E-state index in [1.165, 1.54) is 36.8 Å². The van der Waals surface area contributed by atoms with Gasteiger partial charge in [-0.3, -0.25) is 4.79 Å². The fraction of sp³-hybridized carbons (Fsp3) is 0.387. The Morgan fingerprint density at radius 1 is 0.914 bits per heavy atom. The van der Waals surface area contributed by atoms with Gasteiger partial charge < -0.3 is 15.0 Å². The third-order valence-electron chi connectivity index (χ3n) is 8.30. The molecule has 2 bridgehead atoms. The minimum absolute atomic E-state index is 0.0694. The number of nitrogens with zero attached hydrogens (tertiary/aromatic N) is 1. The molecule has 1 N–H and O–H groups in total. The van der Waals surface area contributed by atoms with Crippen LogP contribution in [0.1, 0.15) is 66.9 Å². The summed E-state index contributed by atoms with van der Waals surface area (Å²) in [4.78, 5) is 15.0. The van der Waals surface area contributed by atoms with Gasteiger partial charge in [-0.1, -0.05) is 54.6 Å². The Morgan fingerprint density at radius 2 is 1.66 bits per heavy atom. The van der Waals surface area contributed by atoms with Crippen LogP contribution in [-0.4, -0.2) is 36.0 Å². The second-order valence-electron chi connectivity index (χ2n) is 10.3. The Labute approximate surface area is 208 Å². The number of piperidine rings is 1. The van der Waals surface area contributed by atoms with E-state index in [9.17, 15) is 4.79 Å². The Bertz CT molecular complexity index is 1220. The van der Waals surface area contributed by atoms with Gasteiger partial charge in [0.25, 0.3) is 5.91 Å². The summed E-state index contributed by atoms with van der Waals surface area (Å²) < 4.78 is 6.70. The quantitative estimate of drug-likeness (QED) is 0.460. The van der Waals surface area contributed by atoms with Crippen LogP contribution in [0.15, 0.2) is 66.7 Å². The molecule has 3 atom stereocenters. The molecule has 3 aliphatic rings. The third kappa shape index (κ3) is 3.94. The molecule has 6 rings (SSSR count). The first-order chi connectivity index (χ1) is 17.2. The highest BCUT2D eigenvalue weighted by molar-refractivity contribution is 5.95. The summed E-state index contributed by atoms with van der Waals surface area (Å²) in [6, 6.07) is 24.5. The van der Waals surface area contributed by atoms with Crippen LogP contribution in [0.3, 0.4) is 0 Å². The highest BCUT2D eigenvalue weighted by Crippen LogP contribution is 2.54. The van der Waals surface area contributed by atoms with E-state index in [4.69, 9.17) is 4.74 Å². The fourth-order valence-electron chi connectivity index (χ4n) is 6.62. The number of fused-ring (bicyclic) bond motifs is 4. The molecule has 3 aliphatic heterocycles. The highest BCUT2D eigenvalue weighted by Gasteiger charge is 2.41. The lowest BCUT2D eigenvalue weighted by molar-refractivity contribution is 0.0772. The van der Waals surface area contributed by atoms with E-state index in [-0.39, 0.29) is 11.8 Å². The standard InChI is InChI=1S/C31H34N2O2/c1-3-33(4-2)31(34)21-13-16-26-28(19-21)35-30-25(20-9-6-5-7-10-20)11-8-12-27(30)29(26)22-17-23-14-15-24(18-22)32-23/h5-13,16,19,22-24,29,32H,3-4,14-15,17-18H2,1-2H3. The Morgan fingerprint density at radius 3 is 2.37 bits per heavy atom. The van der Waals surface area contributed by atoms with Crippen molar-refractivity contribution in [2.75, 3.05) is 13.1 Å². The molecule has 2 saturated heterocycles. The topological polar surface area (TPSA) is 41.6 Å². The molecule has 3 aromatic rings. The van der Waals surface area contributed by atoms with E-state index < -0.39 is 0 Å². The average Bonchev–Trinajstić information content (AvgIpc) is 3.24. The first-order valence-electron chi connectivity index (χ1n) is 13.2. The van der Waals surface area contributed by atoms with E-state index in [2.05, 4.69) is 53.8 Å². The summed E-state index contributed by atoms with van der Waals surface area (Å²) in [5.41, 5.74) is 5.50. The molecule has 3 heterocycles. The normalized spacial score (nSPS) is 24.3. The zero-order valence-electron chi connectivity index (χ0n) is 20.7. The fourth-order valence-corrected chi connectivity index (χ4v) is 6.62. The molecule has 1 amide bonds. The molecule has 2 fully saturated rings. The van der Waals surface area contributed by atoms with Crippen LogP contribution in [0, 0.1) is 5.92 Å². The molecule has 35 heavy (non-hydrogen) atoms. The van der Waals surface area contributed by atoms with Crippen LogP contribution in [0.25, 0.3) is 11.1 Å². The van der Waals surface area contributed by atoms with Gasteiger partial charge in [0.05, 0.1) is 0 Å². The number of hydrogen-bond acceptors (Lipinski definition) is 3. The molecule has 3 unspecified atom stereocenters. The van der Waals surface area contributed by atoms with Crippen molar-refractivity contribution in [2.24, 2.45) is 5.92 Å². The smallest absolute Gasteiger partial charge is 0.253 e. The van der Waals surface area contributed by atoms with E-state index >= 15 is 0 Å². The Hall–Kier alpha value is -3.11.